The summed E-state index contributed by atoms with van der Waals surface area (Å²) < 4.78 is 4.83. The lowest BCUT2D eigenvalue weighted by atomic mass is 10.1. The Hall–Kier alpha value is -2.67. The molecule has 0 unspecified atom stereocenters. The predicted molar refractivity (Wildman–Crippen MR) is 106 cm³/mol. The van der Waals surface area contributed by atoms with Crippen LogP contribution in [-0.2, 0) is 9.53 Å². The highest BCUT2D eigenvalue weighted by atomic mass is 32.1. The van der Waals surface area contributed by atoms with Crippen LogP contribution in [0.3, 0.4) is 0 Å². The van der Waals surface area contributed by atoms with Gasteiger partial charge in [-0.05, 0) is 56.5 Å². The molecule has 1 aliphatic rings. The van der Waals surface area contributed by atoms with Gasteiger partial charge in [0.2, 0.25) is 5.91 Å². The first-order valence-electron chi connectivity index (χ1n) is 8.82. The van der Waals surface area contributed by atoms with Gasteiger partial charge >= 0.3 is 5.97 Å². The second-order valence-electron chi connectivity index (χ2n) is 6.48. The molecule has 2 aromatic rings. The molecule has 0 saturated carbocycles. The van der Waals surface area contributed by atoms with Crippen LogP contribution in [0.2, 0.25) is 0 Å². The van der Waals surface area contributed by atoms with Crippen molar-refractivity contribution in [2.45, 2.75) is 33.1 Å². The second kappa shape index (κ2) is 7.92. The first kappa shape index (κ1) is 19.1. The number of aryl methyl sites for hydroxylation is 1. The molecular formula is C20H22N2O4S. The number of methoxy groups -OCH3 is 1. The number of carbonyl (C=O) groups excluding carboxylic acids is 3. The van der Waals surface area contributed by atoms with E-state index in [1.54, 1.807) is 29.2 Å². The molecule has 1 aromatic heterocycles. The summed E-state index contributed by atoms with van der Waals surface area (Å²) in [5.41, 5.74) is 2.46. The number of thiophene rings is 1. The molecule has 0 bridgehead atoms. The molecule has 1 saturated heterocycles. The Morgan fingerprint density at radius 2 is 1.85 bits per heavy atom. The summed E-state index contributed by atoms with van der Waals surface area (Å²) in [6.45, 7) is 4.44. The van der Waals surface area contributed by atoms with Crippen molar-refractivity contribution in [2.24, 2.45) is 0 Å². The van der Waals surface area contributed by atoms with E-state index in [1.165, 1.54) is 18.4 Å². The highest BCUT2D eigenvalue weighted by molar-refractivity contribution is 7.16. The van der Waals surface area contributed by atoms with Gasteiger partial charge in [0.25, 0.3) is 5.91 Å². The van der Waals surface area contributed by atoms with Crippen molar-refractivity contribution in [1.29, 1.82) is 0 Å². The Kier molecular flexibility index (Phi) is 5.60. The van der Waals surface area contributed by atoms with E-state index in [0.29, 0.717) is 29.1 Å². The third kappa shape index (κ3) is 3.88. The molecule has 1 N–H and O–H groups in total. The molecule has 142 valence electrons. The van der Waals surface area contributed by atoms with Crippen LogP contribution in [0.25, 0.3) is 0 Å². The van der Waals surface area contributed by atoms with Crippen molar-refractivity contribution >= 4 is 39.8 Å². The first-order chi connectivity index (χ1) is 12.9. The lowest BCUT2D eigenvalue weighted by Crippen LogP contribution is -2.35. The Morgan fingerprint density at radius 3 is 2.48 bits per heavy atom. The molecule has 1 aliphatic heterocycles. The van der Waals surface area contributed by atoms with E-state index < -0.39 is 5.97 Å². The summed E-state index contributed by atoms with van der Waals surface area (Å²) in [4.78, 5) is 39.4. The summed E-state index contributed by atoms with van der Waals surface area (Å²) in [7, 11) is 1.32. The van der Waals surface area contributed by atoms with Gasteiger partial charge in [0.1, 0.15) is 5.00 Å². The average Bonchev–Trinajstić information content (AvgIpc) is 2.95. The van der Waals surface area contributed by atoms with Gasteiger partial charge in [-0.3, -0.25) is 9.59 Å². The Balaban J connectivity index is 1.78. The van der Waals surface area contributed by atoms with Crippen LogP contribution in [0.1, 0.15) is 50.4 Å². The number of piperidine rings is 1. The number of hydrogen-bond donors (Lipinski definition) is 1. The van der Waals surface area contributed by atoms with E-state index in [2.05, 4.69) is 5.32 Å². The number of amides is 2. The van der Waals surface area contributed by atoms with E-state index in [-0.39, 0.29) is 11.8 Å². The molecule has 0 radical (unpaired) electrons. The minimum Gasteiger partial charge on any atom is -0.465 e. The summed E-state index contributed by atoms with van der Waals surface area (Å²) in [5.74, 6) is -0.658. The van der Waals surface area contributed by atoms with E-state index in [0.717, 1.165) is 29.0 Å². The number of benzene rings is 1. The maximum atomic E-state index is 12.6. The first-order valence-corrected chi connectivity index (χ1v) is 9.64. The fourth-order valence-electron chi connectivity index (χ4n) is 3.11. The predicted octanol–water partition coefficient (Wildman–Crippen LogP) is 3.92. The number of nitrogens with one attached hydrogen (secondary N) is 1. The molecule has 2 amide bonds. The second-order valence-corrected chi connectivity index (χ2v) is 7.71. The number of hydrogen-bond acceptors (Lipinski definition) is 5. The molecule has 7 heteroatoms. The van der Waals surface area contributed by atoms with E-state index >= 15 is 0 Å². The van der Waals surface area contributed by atoms with E-state index in [4.69, 9.17) is 4.74 Å². The average molecular weight is 386 g/mol. The highest BCUT2D eigenvalue weighted by Crippen LogP contribution is 2.33. The minimum absolute atomic E-state index is 0.116. The van der Waals surface area contributed by atoms with E-state index in [1.807, 2.05) is 13.8 Å². The van der Waals surface area contributed by atoms with Crippen LogP contribution in [0.5, 0.6) is 0 Å². The zero-order valence-corrected chi connectivity index (χ0v) is 16.4. The molecule has 1 fully saturated rings. The Labute approximate surface area is 162 Å². The monoisotopic (exact) mass is 386 g/mol. The molecule has 6 nitrogen and oxygen atoms in total. The molecule has 1 aromatic carbocycles. The molecule has 0 atom stereocenters. The third-order valence-corrected chi connectivity index (χ3v) is 5.89. The number of anilines is 2. The number of ether oxygens (including phenoxy) is 1. The Morgan fingerprint density at radius 1 is 1.15 bits per heavy atom. The largest absolute Gasteiger partial charge is 0.465 e. The zero-order chi connectivity index (χ0) is 19.6. The molecule has 2 heterocycles. The fourth-order valence-corrected chi connectivity index (χ4v) is 4.15. The van der Waals surface area contributed by atoms with Gasteiger partial charge in [-0.2, -0.15) is 0 Å². The SMILES string of the molecule is COC(=O)c1c(NC(=O)c2ccc(N3CCCCC3=O)cc2)sc(C)c1C. The fraction of sp³-hybridized carbons (Fsp3) is 0.350. The molecule has 0 aliphatic carbocycles. The summed E-state index contributed by atoms with van der Waals surface area (Å²) in [5, 5.41) is 3.29. The van der Waals surface area contributed by atoms with Gasteiger partial charge in [0.05, 0.1) is 12.7 Å². The van der Waals surface area contributed by atoms with Crippen LogP contribution in [0, 0.1) is 13.8 Å². The standard InChI is InChI=1S/C20H22N2O4S/c1-12-13(2)27-19(17(12)20(25)26-3)21-18(24)14-7-9-15(10-8-14)22-11-5-4-6-16(22)23/h7-10H,4-6,11H2,1-3H3,(H,21,24). The quantitative estimate of drug-likeness (QED) is 0.808. The molecule has 3 rings (SSSR count). The molecule has 0 spiro atoms. The van der Waals surface area contributed by atoms with Crippen molar-refractivity contribution in [1.82, 2.24) is 0 Å². The molecule has 27 heavy (non-hydrogen) atoms. The van der Waals surface area contributed by atoms with Crippen LogP contribution < -0.4 is 10.2 Å². The topological polar surface area (TPSA) is 75.7 Å². The van der Waals surface area contributed by atoms with E-state index in [9.17, 15) is 14.4 Å². The third-order valence-electron chi connectivity index (χ3n) is 4.77. The number of esters is 1. The van der Waals surface area contributed by atoms with Crippen LogP contribution in [0.4, 0.5) is 10.7 Å². The lowest BCUT2D eigenvalue weighted by molar-refractivity contribution is -0.119. The maximum absolute atomic E-state index is 12.6. The summed E-state index contributed by atoms with van der Waals surface area (Å²) in [6.07, 6.45) is 2.48. The van der Waals surface area contributed by atoms with Gasteiger partial charge in [-0.25, -0.2) is 4.79 Å². The number of rotatable bonds is 4. The van der Waals surface area contributed by atoms with Crippen molar-refractivity contribution in [2.75, 3.05) is 23.9 Å². The number of nitrogens with zero attached hydrogens (tertiary/aromatic N) is 1. The van der Waals surface area contributed by atoms with Gasteiger partial charge < -0.3 is 15.0 Å². The van der Waals surface area contributed by atoms with Gasteiger partial charge in [-0.15, -0.1) is 11.3 Å². The van der Waals surface area contributed by atoms with Crippen molar-refractivity contribution in [3.63, 3.8) is 0 Å². The van der Waals surface area contributed by atoms with Crippen molar-refractivity contribution in [3.8, 4) is 0 Å². The smallest absolute Gasteiger partial charge is 0.341 e. The van der Waals surface area contributed by atoms with Crippen molar-refractivity contribution in [3.05, 3.63) is 45.8 Å². The van der Waals surface area contributed by atoms with Gasteiger partial charge in [0, 0.05) is 29.1 Å². The van der Waals surface area contributed by atoms with Crippen LogP contribution in [-0.4, -0.2) is 31.4 Å². The lowest BCUT2D eigenvalue weighted by Gasteiger charge is -2.26. The van der Waals surface area contributed by atoms with Crippen LogP contribution >= 0.6 is 11.3 Å². The normalized spacial score (nSPS) is 14.2. The molecular weight excluding hydrogens is 364 g/mol. The van der Waals surface area contributed by atoms with Gasteiger partial charge in [0.15, 0.2) is 0 Å². The zero-order valence-electron chi connectivity index (χ0n) is 15.6. The van der Waals surface area contributed by atoms with Crippen LogP contribution in [0.15, 0.2) is 24.3 Å². The van der Waals surface area contributed by atoms with Gasteiger partial charge in [-0.1, -0.05) is 0 Å². The Bertz CT molecular complexity index is 886. The minimum atomic E-state index is -0.467. The summed E-state index contributed by atoms with van der Waals surface area (Å²) in [6, 6.07) is 6.95. The van der Waals surface area contributed by atoms with Crippen molar-refractivity contribution < 1.29 is 19.1 Å². The summed E-state index contributed by atoms with van der Waals surface area (Å²) >= 11 is 1.35. The maximum Gasteiger partial charge on any atom is 0.341 e. The highest BCUT2D eigenvalue weighted by Gasteiger charge is 2.23. The number of carbonyl (C=O) groups is 3.